The van der Waals surface area contributed by atoms with E-state index in [0.717, 1.165) is 6.54 Å². The van der Waals surface area contributed by atoms with Crippen LogP contribution in [0.3, 0.4) is 0 Å². The van der Waals surface area contributed by atoms with Crippen LogP contribution in [-0.4, -0.2) is 23.7 Å². The van der Waals surface area contributed by atoms with Crippen molar-refractivity contribution in [3.63, 3.8) is 0 Å². The quantitative estimate of drug-likeness (QED) is 0.737. The van der Waals surface area contributed by atoms with Crippen LogP contribution in [0.25, 0.3) is 0 Å². The van der Waals surface area contributed by atoms with Crippen LogP contribution in [0.4, 0.5) is 0 Å². The molecule has 0 aromatic heterocycles. The molecular weight excluding hydrogens is 202 g/mol. The highest BCUT2D eigenvalue weighted by Gasteiger charge is 2.25. The lowest BCUT2D eigenvalue weighted by Crippen LogP contribution is -2.44. The van der Waals surface area contributed by atoms with E-state index in [1.807, 2.05) is 34.6 Å². The first-order chi connectivity index (χ1) is 7.02. The highest BCUT2D eigenvalue weighted by molar-refractivity contribution is 5.71. The third-order valence-corrected chi connectivity index (χ3v) is 2.00. The summed E-state index contributed by atoms with van der Waals surface area (Å²) in [4.78, 5) is 11.7. The van der Waals surface area contributed by atoms with Crippen LogP contribution in [0.15, 0.2) is 0 Å². The van der Waals surface area contributed by atoms with Crippen LogP contribution in [-0.2, 0) is 9.53 Å². The van der Waals surface area contributed by atoms with E-state index in [1.165, 1.54) is 0 Å². The summed E-state index contributed by atoms with van der Waals surface area (Å²) in [6.45, 7) is 14.9. The summed E-state index contributed by atoms with van der Waals surface area (Å²) in [5, 5.41) is 3.37. The largest absolute Gasteiger partial charge is 0.460 e. The van der Waals surface area contributed by atoms with Crippen molar-refractivity contribution in [3.05, 3.63) is 0 Å². The van der Waals surface area contributed by atoms with Gasteiger partial charge in [-0.3, -0.25) is 4.79 Å². The Kier molecular flexibility index (Phi) is 5.47. The van der Waals surface area contributed by atoms with Crippen molar-refractivity contribution in [2.75, 3.05) is 6.54 Å². The van der Waals surface area contributed by atoms with Gasteiger partial charge in [-0.15, -0.1) is 0 Å². The summed E-state index contributed by atoms with van der Waals surface area (Å²) in [6, 6.07) is 0. The normalized spacial score (nSPS) is 13.0. The van der Waals surface area contributed by atoms with Crippen LogP contribution in [0.1, 0.15) is 54.9 Å². The fourth-order valence-electron chi connectivity index (χ4n) is 1.28. The minimum atomic E-state index is -0.398. The third-order valence-electron chi connectivity index (χ3n) is 2.00. The van der Waals surface area contributed by atoms with Gasteiger partial charge in [0.05, 0.1) is 6.42 Å². The van der Waals surface area contributed by atoms with Gasteiger partial charge in [0.25, 0.3) is 0 Å². The van der Waals surface area contributed by atoms with Gasteiger partial charge in [-0.25, -0.2) is 0 Å². The molecule has 0 aromatic carbocycles. The Balaban J connectivity index is 4.10. The Morgan fingerprint density at radius 1 is 1.19 bits per heavy atom. The number of carbonyl (C=O) groups is 1. The zero-order chi connectivity index (χ0) is 13.0. The summed E-state index contributed by atoms with van der Waals surface area (Å²) in [5.41, 5.74) is -0.599. The zero-order valence-electron chi connectivity index (χ0n) is 11.8. The second kappa shape index (κ2) is 5.67. The molecule has 0 spiro atoms. The molecule has 0 aliphatic rings. The number of ether oxygens (including phenoxy) is 1. The molecule has 0 saturated carbocycles. The van der Waals surface area contributed by atoms with Crippen molar-refractivity contribution in [2.24, 2.45) is 5.92 Å². The molecule has 0 saturated heterocycles. The van der Waals surface area contributed by atoms with E-state index in [4.69, 9.17) is 4.74 Å². The predicted molar refractivity (Wildman–Crippen MR) is 67.4 cm³/mol. The monoisotopic (exact) mass is 229 g/mol. The molecular formula is C13H27NO2. The molecule has 1 N–H and O–H groups in total. The van der Waals surface area contributed by atoms with E-state index in [9.17, 15) is 4.79 Å². The van der Waals surface area contributed by atoms with Crippen molar-refractivity contribution in [3.8, 4) is 0 Å². The van der Waals surface area contributed by atoms with Gasteiger partial charge < -0.3 is 10.1 Å². The van der Waals surface area contributed by atoms with E-state index in [2.05, 4.69) is 19.2 Å². The number of rotatable bonds is 5. The average Bonchev–Trinajstić information content (AvgIpc) is 1.95. The van der Waals surface area contributed by atoms with Gasteiger partial charge >= 0.3 is 5.97 Å². The van der Waals surface area contributed by atoms with Crippen LogP contribution in [0, 0.1) is 5.92 Å². The van der Waals surface area contributed by atoms with Crippen molar-refractivity contribution < 1.29 is 9.53 Å². The summed E-state index contributed by atoms with van der Waals surface area (Å²) < 4.78 is 5.30. The molecule has 0 fully saturated rings. The van der Waals surface area contributed by atoms with Crippen molar-refractivity contribution in [1.29, 1.82) is 0 Å². The van der Waals surface area contributed by atoms with E-state index in [0.29, 0.717) is 12.3 Å². The van der Waals surface area contributed by atoms with Gasteiger partial charge in [-0.05, 0) is 47.1 Å². The second-order valence-corrected chi connectivity index (χ2v) is 6.42. The van der Waals surface area contributed by atoms with Gasteiger partial charge in [0.1, 0.15) is 5.60 Å². The zero-order valence-corrected chi connectivity index (χ0v) is 11.8. The Labute approximate surface area is 99.9 Å². The van der Waals surface area contributed by atoms with Crippen molar-refractivity contribution in [1.82, 2.24) is 5.32 Å². The number of esters is 1. The van der Waals surface area contributed by atoms with Crippen molar-refractivity contribution in [2.45, 2.75) is 66.0 Å². The molecule has 0 atom stereocenters. The fraction of sp³-hybridized carbons (Fsp3) is 0.923. The molecule has 0 aromatic rings. The summed E-state index contributed by atoms with van der Waals surface area (Å²) >= 11 is 0. The standard InChI is InChI=1S/C13H27NO2/c1-10(2)9-14-13(6,7)8-11(15)16-12(3,4)5/h10,14H,8-9H2,1-7H3. The van der Waals surface area contributed by atoms with Crippen LogP contribution in [0.5, 0.6) is 0 Å². The van der Waals surface area contributed by atoms with Gasteiger partial charge in [-0.1, -0.05) is 13.8 Å². The number of hydrogen-bond acceptors (Lipinski definition) is 3. The van der Waals surface area contributed by atoms with Gasteiger partial charge in [0.15, 0.2) is 0 Å². The Morgan fingerprint density at radius 3 is 2.06 bits per heavy atom. The lowest BCUT2D eigenvalue weighted by atomic mass is 9.99. The molecule has 3 heteroatoms. The Morgan fingerprint density at radius 2 is 1.69 bits per heavy atom. The first kappa shape index (κ1) is 15.4. The lowest BCUT2D eigenvalue weighted by Gasteiger charge is -2.28. The third kappa shape index (κ3) is 8.72. The molecule has 96 valence electrons. The molecule has 3 nitrogen and oxygen atoms in total. The van der Waals surface area contributed by atoms with E-state index in [-0.39, 0.29) is 11.5 Å². The Bertz CT molecular complexity index is 227. The van der Waals surface area contributed by atoms with Crippen LogP contribution in [0.2, 0.25) is 0 Å². The van der Waals surface area contributed by atoms with Gasteiger partial charge in [-0.2, -0.15) is 0 Å². The van der Waals surface area contributed by atoms with Crippen LogP contribution >= 0.6 is 0 Å². The minimum Gasteiger partial charge on any atom is -0.460 e. The molecule has 16 heavy (non-hydrogen) atoms. The number of nitrogens with one attached hydrogen (secondary N) is 1. The van der Waals surface area contributed by atoms with Crippen molar-refractivity contribution >= 4 is 5.97 Å². The molecule has 0 aliphatic heterocycles. The van der Waals surface area contributed by atoms with E-state index >= 15 is 0 Å². The topological polar surface area (TPSA) is 38.3 Å². The average molecular weight is 229 g/mol. The predicted octanol–water partition coefficient (Wildman–Crippen LogP) is 2.74. The molecule has 0 heterocycles. The maximum absolute atomic E-state index is 11.7. The van der Waals surface area contributed by atoms with Crippen LogP contribution < -0.4 is 5.32 Å². The summed E-state index contributed by atoms with van der Waals surface area (Å²) in [7, 11) is 0. The lowest BCUT2D eigenvalue weighted by molar-refractivity contribution is -0.156. The molecule has 0 amide bonds. The maximum atomic E-state index is 11.7. The SMILES string of the molecule is CC(C)CNC(C)(C)CC(=O)OC(C)(C)C. The summed E-state index contributed by atoms with van der Waals surface area (Å²) in [5.74, 6) is 0.437. The number of hydrogen-bond donors (Lipinski definition) is 1. The first-order valence-corrected chi connectivity index (χ1v) is 5.99. The minimum absolute atomic E-state index is 0.145. The molecule has 0 rings (SSSR count). The number of carbonyl (C=O) groups excluding carboxylic acids is 1. The highest BCUT2D eigenvalue weighted by Crippen LogP contribution is 2.14. The van der Waals surface area contributed by atoms with Gasteiger partial charge in [0, 0.05) is 5.54 Å². The van der Waals surface area contributed by atoms with E-state index < -0.39 is 5.60 Å². The smallest absolute Gasteiger partial charge is 0.308 e. The first-order valence-electron chi connectivity index (χ1n) is 5.99. The van der Waals surface area contributed by atoms with E-state index in [1.54, 1.807) is 0 Å². The molecule has 0 radical (unpaired) electrons. The highest BCUT2D eigenvalue weighted by atomic mass is 16.6. The molecule has 0 aliphatic carbocycles. The molecule has 0 unspecified atom stereocenters. The summed E-state index contributed by atoms with van der Waals surface area (Å²) in [6.07, 6.45) is 0.400. The fourth-order valence-corrected chi connectivity index (χ4v) is 1.28. The maximum Gasteiger partial charge on any atom is 0.308 e. The van der Waals surface area contributed by atoms with Gasteiger partial charge in [0.2, 0.25) is 0 Å². The second-order valence-electron chi connectivity index (χ2n) is 6.42. The Hall–Kier alpha value is -0.570. The molecule has 0 bridgehead atoms.